The normalized spacial score (nSPS) is 38.6. The van der Waals surface area contributed by atoms with Crippen LogP contribution in [0.4, 0.5) is 0 Å². The molecule has 0 aliphatic carbocycles. The van der Waals surface area contributed by atoms with E-state index in [-0.39, 0.29) is 24.7 Å². The number of allylic oxidation sites excluding steroid dienone is 12. The molecule has 2 aliphatic rings. The first-order valence-electron chi connectivity index (χ1n) is 20.7. The van der Waals surface area contributed by atoms with Gasteiger partial charge >= 0.3 is 5.97 Å². The number of aliphatic hydroxyl groups excluding tert-OH is 6. The van der Waals surface area contributed by atoms with E-state index in [0.29, 0.717) is 11.6 Å². The van der Waals surface area contributed by atoms with Crippen molar-refractivity contribution in [2.45, 2.75) is 135 Å². The molecule has 15 atom stereocenters. The lowest BCUT2D eigenvalue weighted by molar-refractivity contribution is -0.305. The molecule has 2 bridgehead atoms. The number of hydrogen-bond acceptors (Lipinski definition) is 13. The van der Waals surface area contributed by atoms with Gasteiger partial charge in [0.05, 0.1) is 42.5 Å². The standard InChI is InChI=1S/C47H67NO12/c1-29-19-13-9-12-16-24-41(53)60-44(33(5)38(51)26-32(4)49)30(2)20-14-10-11-15-22-37(50)27-39(52)34(6)46-48-36(28-57-46)21-17-18-23-40(31(3)25-29)59-47-43(55)45(56-8)42(54)35(7)58-47/h9-25,28,30-35,37-40,42-45,47,49-52,54-55H,26-27H2,1-8H3/b11-10-,12-9-,19-13-,20-14-,21-17-,22-15-,23-18-,24-16-,29-25-/t30?,31?,32?,33?,34?,35-,37?,38?,39?,40?,42-,43-,44?,45+,47+/m1/s1. The van der Waals surface area contributed by atoms with Gasteiger partial charge in [-0.15, -0.1) is 0 Å². The highest BCUT2D eigenvalue weighted by molar-refractivity contribution is 5.82. The minimum Gasteiger partial charge on any atom is -0.458 e. The molecule has 1 fully saturated rings. The Balaban J connectivity index is 1.92. The third kappa shape index (κ3) is 16.4. The number of carbonyl (C=O) groups is 1. The van der Waals surface area contributed by atoms with Crippen LogP contribution in [0.25, 0.3) is 6.08 Å². The first-order chi connectivity index (χ1) is 28.5. The molecule has 0 amide bonds. The molecule has 1 aromatic heterocycles. The van der Waals surface area contributed by atoms with Crippen molar-refractivity contribution in [3.63, 3.8) is 0 Å². The topological polar surface area (TPSA) is 201 Å². The maximum Gasteiger partial charge on any atom is 0.331 e. The zero-order chi connectivity index (χ0) is 44.4. The van der Waals surface area contributed by atoms with Gasteiger partial charge in [-0.3, -0.25) is 0 Å². The highest BCUT2D eigenvalue weighted by atomic mass is 16.7. The van der Waals surface area contributed by atoms with Gasteiger partial charge in [0.15, 0.2) is 12.2 Å². The van der Waals surface area contributed by atoms with Crippen LogP contribution in [-0.2, 0) is 23.7 Å². The summed E-state index contributed by atoms with van der Waals surface area (Å²) in [7, 11) is 1.41. The van der Waals surface area contributed by atoms with Crippen molar-refractivity contribution in [3.05, 3.63) is 121 Å². The predicted octanol–water partition coefficient (Wildman–Crippen LogP) is 5.58. The minimum absolute atomic E-state index is 0.0458. The van der Waals surface area contributed by atoms with Crippen LogP contribution >= 0.6 is 0 Å². The van der Waals surface area contributed by atoms with E-state index in [1.807, 2.05) is 51.2 Å². The Labute approximate surface area is 355 Å². The number of methoxy groups -OCH3 is 1. The van der Waals surface area contributed by atoms with Crippen molar-refractivity contribution in [1.29, 1.82) is 0 Å². The third-order valence-electron chi connectivity index (χ3n) is 10.5. The number of cyclic esters (lactones) is 1. The van der Waals surface area contributed by atoms with Crippen LogP contribution in [-0.4, -0.2) is 116 Å². The summed E-state index contributed by atoms with van der Waals surface area (Å²) in [5, 5.41) is 63.6. The number of oxazole rings is 1. The largest absolute Gasteiger partial charge is 0.458 e. The zero-order valence-corrected chi connectivity index (χ0v) is 36.0. The number of aliphatic hydroxyl groups is 6. The van der Waals surface area contributed by atoms with Crippen LogP contribution in [0.1, 0.15) is 78.8 Å². The van der Waals surface area contributed by atoms with Gasteiger partial charge in [-0.1, -0.05) is 124 Å². The van der Waals surface area contributed by atoms with Gasteiger partial charge in [-0.2, -0.15) is 0 Å². The van der Waals surface area contributed by atoms with E-state index in [4.69, 9.17) is 23.4 Å². The maximum atomic E-state index is 12.9. The summed E-state index contributed by atoms with van der Waals surface area (Å²) in [6.45, 7) is 12.6. The van der Waals surface area contributed by atoms with Crippen molar-refractivity contribution >= 4 is 12.0 Å². The Morgan fingerprint density at radius 2 is 1.45 bits per heavy atom. The molecule has 0 aromatic carbocycles. The van der Waals surface area contributed by atoms with Gasteiger partial charge in [-0.25, -0.2) is 9.78 Å². The highest BCUT2D eigenvalue weighted by Crippen LogP contribution is 2.28. The van der Waals surface area contributed by atoms with Crippen molar-refractivity contribution in [1.82, 2.24) is 4.98 Å². The van der Waals surface area contributed by atoms with Gasteiger partial charge in [0, 0.05) is 37.4 Å². The fraction of sp³-hybridized carbons (Fsp3) is 0.532. The Morgan fingerprint density at radius 3 is 2.13 bits per heavy atom. The number of nitrogens with zero attached hydrogens (tertiary/aromatic N) is 1. The number of carbonyl (C=O) groups excluding carboxylic acids is 1. The van der Waals surface area contributed by atoms with Crippen molar-refractivity contribution < 1.29 is 58.8 Å². The van der Waals surface area contributed by atoms with E-state index in [9.17, 15) is 35.4 Å². The lowest BCUT2D eigenvalue weighted by Crippen LogP contribution is -2.58. The Kier molecular flexibility index (Phi) is 21.5. The van der Waals surface area contributed by atoms with Crippen LogP contribution < -0.4 is 0 Å². The summed E-state index contributed by atoms with van der Waals surface area (Å²) >= 11 is 0. The fourth-order valence-electron chi connectivity index (χ4n) is 6.85. The molecule has 1 saturated heterocycles. The molecule has 6 N–H and O–H groups in total. The molecule has 13 nitrogen and oxygen atoms in total. The molecule has 3 heterocycles. The summed E-state index contributed by atoms with van der Waals surface area (Å²) in [6.07, 6.45) is 21.4. The lowest BCUT2D eigenvalue weighted by Gasteiger charge is -2.42. The van der Waals surface area contributed by atoms with Crippen molar-refractivity contribution in [2.24, 2.45) is 17.8 Å². The summed E-state index contributed by atoms with van der Waals surface area (Å²) in [5.74, 6) is -1.80. The molecule has 332 valence electrons. The minimum atomic E-state index is -1.25. The first kappa shape index (κ1) is 50.3. The van der Waals surface area contributed by atoms with Gasteiger partial charge < -0.3 is 54.0 Å². The molecule has 2 aliphatic heterocycles. The molecular formula is C47H67NO12. The second-order valence-corrected chi connectivity index (χ2v) is 15.8. The average Bonchev–Trinajstić information content (AvgIpc) is 3.67. The van der Waals surface area contributed by atoms with Gasteiger partial charge in [0.2, 0.25) is 0 Å². The second kappa shape index (κ2) is 25.7. The molecule has 0 spiro atoms. The van der Waals surface area contributed by atoms with Crippen molar-refractivity contribution in [3.8, 4) is 0 Å². The Hall–Kier alpha value is -4.02. The highest BCUT2D eigenvalue weighted by Gasteiger charge is 2.44. The lowest BCUT2D eigenvalue weighted by atomic mass is 9.86. The molecule has 60 heavy (non-hydrogen) atoms. The third-order valence-corrected chi connectivity index (χ3v) is 10.5. The van der Waals surface area contributed by atoms with E-state index in [1.54, 1.807) is 94.5 Å². The van der Waals surface area contributed by atoms with E-state index >= 15 is 0 Å². The maximum absolute atomic E-state index is 12.9. The molecule has 1 aromatic rings. The summed E-state index contributed by atoms with van der Waals surface area (Å²) < 4.78 is 29.1. The number of esters is 1. The van der Waals surface area contributed by atoms with E-state index in [2.05, 4.69) is 4.98 Å². The summed E-state index contributed by atoms with van der Waals surface area (Å²) in [5.41, 5.74) is 1.43. The number of aromatic nitrogens is 1. The first-order valence-corrected chi connectivity index (χ1v) is 20.7. The van der Waals surface area contributed by atoms with Gasteiger partial charge in [-0.05, 0) is 33.3 Å². The number of rotatable bonds is 7. The molecule has 13 heteroatoms. The van der Waals surface area contributed by atoms with Crippen LogP contribution in [0.15, 0.2) is 113 Å². The molecule has 3 rings (SSSR count). The number of fused-ring (bicyclic) bond motifs is 2. The van der Waals surface area contributed by atoms with E-state index < -0.39 is 85.1 Å². The van der Waals surface area contributed by atoms with Crippen LogP contribution in [0, 0.1) is 17.8 Å². The molecule has 0 saturated carbocycles. The molecule has 10 unspecified atom stereocenters. The fourth-order valence-corrected chi connectivity index (χ4v) is 6.85. The quantitative estimate of drug-likeness (QED) is 0.186. The van der Waals surface area contributed by atoms with E-state index in [0.717, 1.165) is 5.57 Å². The van der Waals surface area contributed by atoms with Crippen molar-refractivity contribution in [2.75, 3.05) is 7.11 Å². The Bertz CT molecular complexity index is 1720. The van der Waals surface area contributed by atoms with Crippen LogP contribution in [0.2, 0.25) is 0 Å². The zero-order valence-electron chi connectivity index (χ0n) is 36.0. The van der Waals surface area contributed by atoms with Crippen LogP contribution in [0.5, 0.6) is 0 Å². The van der Waals surface area contributed by atoms with Gasteiger partial charge in [0.25, 0.3) is 0 Å². The smallest absolute Gasteiger partial charge is 0.331 e. The second-order valence-electron chi connectivity index (χ2n) is 15.8. The molecular weight excluding hydrogens is 771 g/mol. The Morgan fingerprint density at radius 1 is 0.817 bits per heavy atom. The summed E-state index contributed by atoms with van der Waals surface area (Å²) in [6, 6.07) is 0. The predicted molar refractivity (Wildman–Crippen MR) is 230 cm³/mol. The van der Waals surface area contributed by atoms with Crippen LogP contribution in [0.3, 0.4) is 0 Å². The average molecular weight is 838 g/mol. The number of hydrogen-bond donors (Lipinski definition) is 6. The summed E-state index contributed by atoms with van der Waals surface area (Å²) in [4.78, 5) is 17.5. The number of ether oxygens (including phenoxy) is 4. The monoisotopic (exact) mass is 837 g/mol. The molecule has 0 radical (unpaired) electrons. The van der Waals surface area contributed by atoms with Gasteiger partial charge in [0.1, 0.15) is 36.4 Å². The van der Waals surface area contributed by atoms with E-state index in [1.165, 1.54) is 19.4 Å². The SMILES string of the molecule is CO[C@@H]1[C@@H](O)[C@H](OC2/C=C\C=C/c3coc(n3)C(C)C(O)CC(O)\C=C/C=C\C=C/C(C)C(C(C)C(O)CC(C)O)OC(=O)\C=C/C=C\C=C/C(C)=C\C2C)O[C@H](C)[C@H]1O.